The van der Waals surface area contributed by atoms with Gasteiger partial charge >= 0.3 is 10.1 Å². The van der Waals surface area contributed by atoms with E-state index in [1.54, 1.807) is 24.4 Å². The second-order valence-corrected chi connectivity index (χ2v) is 9.92. The van der Waals surface area contributed by atoms with Crippen LogP contribution in [0.25, 0.3) is 10.9 Å². The highest BCUT2D eigenvalue weighted by atomic mass is 32.2. The average molecular weight is 471 g/mol. The van der Waals surface area contributed by atoms with E-state index in [0.717, 1.165) is 74.9 Å². The Kier molecular flexibility index (Phi) is 6.86. The summed E-state index contributed by atoms with van der Waals surface area (Å²) in [6.07, 6.45) is 5.43. The molecule has 7 nitrogen and oxygen atoms in total. The Hall–Kier alpha value is -3.09. The van der Waals surface area contributed by atoms with Crippen LogP contribution in [-0.2, 0) is 16.5 Å². The molecule has 2 heterocycles. The van der Waals surface area contributed by atoms with Gasteiger partial charge in [-0.1, -0.05) is 0 Å². The molecule has 3 aromatic rings. The maximum absolute atomic E-state index is 13.1. The Morgan fingerprint density at radius 1 is 1.06 bits per heavy atom. The second-order valence-electron chi connectivity index (χ2n) is 8.36. The highest BCUT2D eigenvalue weighted by molar-refractivity contribution is 7.86. The van der Waals surface area contributed by atoms with E-state index in [9.17, 15) is 18.1 Å². The highest BCUT2D eigenvalue weighted by Crippen LogP contribution is 2.24. The van der Waals surface area contributed by atoms with E-state index in [0.29, 0.717) is 11.1 Å². The Bertz CT molecular complexity index is 1260. The molecule has 1 fully saturated rings. The SMILES string of the molecule is CS(=O)(=O)On1cc(CCCCN2CCN(c3ccc(F)cc3)CC2)c2cc(C#N)ccc21. The van der Waals surface area contributed by atoms with Crippen LogP contribution < -0.4 is 9.18 Å². The molecule has 9 heteroatoms. The minimum Gasteiger partial charge on any atom is -0.369 e. The van der Waals surface area contributed by atoms with Gasteiger partial charge in [0.1, 0.15) is 5.82 Å². The summed E-state index contributed by atoms with van der Waals surface area (Å²) in [5.74, 6) is -0.216. The van der Waals surface area contributed by atoms with Crippen LogP contribution in [0.5, 0.6) is 0 Å². The summed E-state index contributed by atoms with van der Waals surface area (Å²) >= 11 is 0. The zero-order valence-corrected chi connectivity index (χ0v) is 19.4. The fraction of sp³-hybridized carbons (Fsp3) is 0.375. The average Bonchev–Trinajstić information content (AvgIpc) is 3.12. The van der Waals surface area contributed by atoms with Gasteiger partial charge in [0.2, 0.25) is 0 Å². The summed E-state index contributed by atoms with van der Waals surface area (Å²) < 4.78 is 42.7. The molecule has 0 radical (unpaired) electrons. The Morgan fingerprint density at radius 2 is 1.79 bits per heavy atom. The third-order valence-corrected chi connectivity index (χ3v) is 6.36. The zero-order chi connectivity index (χ0) is 23.4. The molecule has 0 bridgehead atoms. The quantitative estimate of drug-likeness (QED) is 0.471. The molecule has 0 aliphatic carbocycles. The summed E-state index contributed by atoms with van der Waals surface area (Å²) in [5.41, 5.74) is 3.18. The standard InChI is InChI=1S/C24H27FN4O3S/c1-33(30,31)32-29-18-20(23-16-19(17-26)5-10-24(23)29)4-2-3-11-27-12-14-28(15-13-27)22-8-6-21(25)7-9-22/h5-10,16,18H,2-4,11-15H2,1H3. The Morgan fingerprint density at radius 3 is 2.45 bits per heavy atom. The van der Waals surface area contributed by atoms with Crippen LogP contribution in [0.2, 0.25) is 0 Å². The predicted octanol–water partition coefficient (Wildman–Crippen LogP) is 3.19. The van der Waals surface area contributed by atoms with Crippen molar-refractivity contribution in [3.8, 4) is 6.07 Å². The van der Waals surface area contributed by atoms with Crippen molar-refractivity contribution >= 4 is 26.7 Å². The van der Waals surface area contributed by atoms with Gasteiger partial charge in [-0.3, -0.25) is 9.18 Å². The number of hydrogen-bond acceptors (Lipinski definition) is 6. The number of benzene rings is 2. The van der Waals surface area contributed by atoms with Gasteiger partial charge in [0.15, 0.2) is 0 Å². The highest BCUT2D eigenvalue weighted by Gasteiger charge is 2.17. The number of rotatable bonds is 8. The minimum atomic E-state index is -3.67. The molecule has 0 N–H and O–H groups in total. The summed E-state index contributed by atoms with van der Waals surface area (Å²) in [4.78, 5) is 4.71. The molecule has 1 aliphatic heterocycles. The van der Waals surface area contributed by atoms with Gasteiger partial charge in [-0.15, -0.1) is 0 Å². The van der Waals surface area contributed by atoms with Crippen molar-refractivity contribution in [1.29, 1.82) is 5.26 Å². The molecule has 0 amide bonds. The van der Waals surface area contributed by atoms with Gasteiger partial charge in [0.25, 0.3) is 0 Å². The van der Waals surface area contributed by atoms with Crippen molar-refractivity contribution in [1.82, 2.24) is 9.63 Å². The number of halogens is 1. The smallest absolute Gasteiger partial charge is 0.324 e. The maximum Gasteiger partial charge on any atom is 0.324 e. The molecule has 1 aliphatic rings. The van der Waals surface area contributed by atoms with Crippen molar-refractivity contribution < 1.29 is 17.1 Å². The van der Waals surface area contributed by atoms with Crippen molar-refractivity contribution in [3.05, 3.63) is 65.6 Å². The molecule has 0 unspecified atom stereocenters. The molecule has 1 aromatic heterocycles. The normalized spacial score (nSPS) is 15.0. The van der Waals surface area contributed by atoms with Gasteiger partial charge in [0.05, 0.1) is 23.4 Å². The van der Waals surface area contributed by atoms with E-state index in [1.165, 1.54) is 16.9 Å². The van der Waals surface area contributed by atoms with Crippen LogP contribution >= 0.6 is 0 Å². The van der Waals surface area contributed by atoms with E-state index < -0.39 is 10.1 Å². The Labute approximate surface area is 193 Å². The first-order chi connectivity index (χ1) is 15.8. The van der Waals surface area contributed by atoms with Crippen LogP contribution in [-0.4, -0.2) is 57.0 Å². The van der Waals surface area contributed by atoms with Crippen LogP contribution in [0.4, 0.5) is 10.1 Å². The first-order valence-electron chi connectivity index (χ1n) is 11.0. The molecular weight excluding hydrogens is 443 g/mol. The second kappa shape index (κ2) is 9.81. The molecule has 2 aromatic carbocycles. The summed E-state index contributed by atoms with van der Waals surface area (Å²) in [7, 11) is -3.67. The van der Waals surface area contributed by atoms with E-state index in [2.05, 4.69) is 15.9 Å². The van der Waals surface area contributed by atoms with Gasteiger partial charge < -0.3 is 4.90 Å². The molecule has 1 saturated heterocycles. The third-order valence-electron chi connectivity index (χ3n) is 5.93. The molecule has 0 atom stereocenters. The number of hydrogen-bond donors (Lipinski definition) is 0. The van der Waals surface area contributed by atoms with Crippen LogP contribution in [0.3, 0.4) is 0 Å². The van der Waals surface area contributed by atoms with Gasteiger partial charge in [-0.25, -0.2) is 4.39 Å². The first-order valence-corrected chi connectivity index (χ1v) is 12.8. The lowest BCUT2D eigenvalue weighted by molar-refractivity contribution is 0.253. The monoisotopic (exact) mass is 470 g/mol. The minimum absolute atomic E-state index is 0.216. The summed E-state index contributed by atoms with van der Waals surface area (Å²) in [6, 6.07) is 13.9. The molecule has 174 valence electrons. The number of nitrogens with zero attached hydrogens (tertiary/aromatic N) is 4. The number of fused-ring (bicyclic) bond motifs is 1. The fourth-order valence-electron chi connectivity index (χ4n) is 4.27. The third kappa shape index (κ3) is 5.83. The topological polar surface area (TPSA) is 78.6 Å². The maximum atomic E-state index is 13.1. The number of nitriles is 1. The molecule has 0 spiro atoms. The molecule has 33 heavy (non-hydrogen) atoms. The number of unbranched alkanes of at least 4 members (excludes halogenated alkanes) is 1. The predicted molar refractivity (Wildman–Crippen MR) is 126 cm³/mol. The summed E-state index contributed by atoms with van der Waals surface area (Å²) in [6.45, 7) is 4.74. The largest absolute Gasteiger partial charge is 0.369 e. The zero-order valence-electron chi connectivity index (χ0n) is 18.6. The van der Waals surface area contributed by atoms with E-state index in [-0.39, 0.29) is 5.82 Å². The number of aryl methyl sites for hydroxylation is 1. The van der Waals surface area contributed by atoms with E-state index in [4.69, 9.17) is 4.28 Å². The van der Waals surface area contributed by atoms with E-state index >= 15 is 0 Å². The lowest BCUT2D eigenvalue weighted by atomic mass is 10.1. The number of piperazine rings is 1. The lowest BCUT2D eigenvalue weighted by Crippen LogP contribution is -2.46. The summed E-state index contributed by atoms with van der Waals surface area (Å²) in [5, 5.41) is 10.1. The van der Waals surface area contributed by atoms with Gasteiger partial charge in [-0.2, -0.15) is 18.4 Å². The molecular formula is C24H27FN4O3S. The number of anilines is 1. The first kappa shape index (κ1) is 23.1. The van der Waals surface area contributed by atoms with Crippen LogP contribution in [0.15, 0.2) is 48.7 Å². The Balaban J connectivity index is 1.32. The molecule has 0 saturated carbocycles. The van der Waals surface area contributed by atoms with Crippen LogP contribution in [0, 0.1) is 17.1 Å². The van der Waals surface area contributed by atoms with Gasteiger partial charge in [0, 0.05) is 43.4 Å². The van der Waals surface area contributed by atoms with Crippen molar-refractivity contribution in [2.24, 2.45) is 0 Å². The van der Waals surface area contributed by atoms with Crippen molar-refractivity contribution in [2.75, 3.05) is 43.9 Å². The molecule has 4 rings (SSSR count). The lowest BCUT2D eigenvalue weighted by Gasteiger charge is -2.36. The van der Waals surface area contributed by atoms with Gasteiger partial charge in [-0.05, 0) is 73.8 Å². The number of aromatic nitrogens is 1. The van der Waals surface area contributed by atoms with Crippen molar-refractivity contribution in [3.63, 3.8) is 0 Å². The van der Waals surface area contributed by atoms with Crippen LogP contribution in [0.1, 0.15) is 24.0 Å². The fourth-order valence-corrected chi connectivity index (χ4v) is 4.69. The van der Waals surface area contributed by atoms with Crippen molar-refractivity contribution in [2.45, 2.75) is 19.3 Å². The van der Waals surface area contributed by atoms with E-state index in [1.807, 2.05) is 12.1 Å².